The molecule has 1 fully saturated rings. The van der Waals surface area contributed by atoms with E-state index in [9.17, 15) is 9.59 Å². The number of carboxylic acids is 1. The van der Waals surface area contributed by atoms with E-state index in [2.05, 4.69) is 11.2 Å². The molecular formula is C10H14N2O4. The van der Waals surface area contributed by atoms with Crippen molar-refractivity contribution in [2.45, 2.75) is 6.04 Å². The second-order valence-corrected chi connectivity index (χ2v) is 3.52. The maximum atomic E-state index is 11.5. The predicted octanol–water partition coefficient (Wildman–Crippen LogP) is -0.639. The standard InChI is InChI=1S/C10H14N2O4/c1-3-4-11-10(15)12(2)8-6-16-5-7(8)9(13)14/h1,7-8H,4-6H2,2H3,(H,11,15)(H,13,14). The van der Waals surface area contributed by atoms with Gasteiger partial charge in [0.05, 0.1) is 25.8 Å². The highest BCUT2D eigenvalue weighted by Crippen LogP contribution is 2.18. The minimum atomic E-state index is -0.959. The number of hydrogen-bond donors (Lipinski definition) is 2. The molecule has 2 atom stereocenters. The number of ether oxygens (including phenoxy) is 1. The molecule has 0 aromatic rings. The average Bonchev–Trinajstić information content (AvgIpc) is 2.73. The zero-order valence-electron chi connectivity index (χ0n) is 8.97. The molecule has 1 heterocycles. The number of carbonyl (C=O) groups excluding carboxylic acids is 1. The lowest BCUT2D eigenvalue weighted by Crippen LogP contribution is -2.48. The quantitative estimate of drug-likeness (QED) is 0.627. The highest BCUT2D eigenvalue weighted by molar-refractivity contribution is 5.77. The van der Waals surface area contributed by atoms with Crippen LogP contribution in [0.3, 0.4) is 0 Å². The normalized spacial score (nSPS) is 23.5. The largest absolute Gasteiger partial charge is 0.481 e. The van der Waals surface area contributed by atoms with Crippen molar-refractivity contribution in [3.05, 3.63) is 0 Å². The van der Waals surface area contributed by atoms with E-state index >= 15 is 0 Å². The second kappa shape index (κ2) is 5.37. The Morgan fingerprint density at radius 2 is 2.31 bits per heavy atom. The first-order valence-electron chi connectivity index (χ1n) is 4.82. The minimum absolute atomic E-state index is 0.120. The lowest BCUT2D eigenvalue weighted by atomic mass is 10.0. The van der Waals surface area contributed by atoms with Gasteiger partial charge in [-0.05, 0) is 0 Å². The van der Waals surface area contributed by atoms with Crippen LogP contribution in [0.1, 0.15) is 0 Å². The SMILES string of the molecule is C#CCNC(=O)N(C)C1COCC1C(=O)O. The Balaban J connectivity index is 2.59. The maximum absolute atomic E-state index is 11.5. The Morgan fingerprint density at radius 1 is 1.62 bits per heavy atom. The summed E-state index contributed by atoms with van der Waals surface area (Å²) < 4.78 is 5.06. The molecule has 0 saturated carbocycles. The molecule has 1 saturated heterocycles. The first-order valence-corrected chi connectivity index (χ1v) is 4.82. The number of rotatable bonds is 3. The smallest absolute Gasteiger partial charge is 0.318 e. The maximum Gasteiger partial charge on any atom is 0.318 e. The molecule has 0 radical (unpaired) electrons. The fourth-order valence-electron chi connectivity index (χ4n) is 1.56. The minimum Gasteiger partial charge on any atom is -0.481 e. The van der Waals surface area contributed by atoms with Crippen LogP contribution in [-0.2, 0) is 9.53 Å². The van der Waals surface area contributed by atoms with Gasteiger partial charge in [0.25, 0.3) is 0 Å². The molecule has 1 aliphatic heterocycles. The van der Waals surface area contributed by atoms with Gasteiger partial charge in [0.2, 0.25) is 0 Å². The van der Waals surface area contributed by atoms with Crippen LogP contribution in [0.4, 0.5) is 4.79 Å². The monoisotopic (exact) mass is 226 g/mol. The van der Waals surface area contributed by atoms with Crippen LogP contribution in [0, 0.1) is 18.3 Å². The number of nitrogens with one attached hydrogen (secondary N) is 1. The van der Waals surface area contributed by atoms with Crippen molar-refractivity contribution in [3.63, 3.8) is 0 Å². The highest BCUT2D eigenvalue weighted by Gasteiger charge is 2.38. The Labute approximate surface area is 93.6 Å². The van der Waals surface area contributed by atoms with E-state index in [-0.39, 0.29) is 25.8 Å². The molecule has 2 unspecified atom stereocenters. The second-order valence-electron chi connectivity index (χ2n) is 3.52. The number of nitrogens with zero attached hydrogens (tertiary/aromatic N) is 1. The van der Waals surface area contributed by atoms with E-state index in [1.807, 2.05) is 0 Å². The summed E-state index contributed by atoms with van der Waals surface area (Å²) in [5.74, 6) is 0.634. The Kier molecular flexibility index (Phi) is 4.14. The van der Waals surface area contributed by atoms with E-state index in [1.165, 1.54) is 11.9 Å². The van der Waals surface area contributed by atoms with Gasteiger partial charge in [-0.15, -0.1) is 6.42 Å². The number of amides is 2. The van der Waals surface area contributed by atoms with Crippen LogP contribution >= 0.6 is 0 Å². The van der Waals surface area contributed by atoms with Crippen LogP contribution < -0.4 is 5.32 Å². The van der Waals surface area contributed by atoms with Gasteiger partial charge in [0, 0.05) is 7.05 Å². The molecule has 6 heteroatoms. The van der Waals surface area contributed by atoms with Gasteiger partial charge in [0.1, 0.15) is 5.92 Å². The van der Waals surface area contributed by atoms with Crippen molar-refractivity contribution < 1.29 is 19.4 Å². The summed E-state index contributed by atoms with van der Waals surface area (Å²) in [5.41, 5.74) is 0. The molecule has 88 valence electrons. The van der Waals surface area contributed by atoms with E-state index in [1.54, 1.807) is 0 Å². The number of urea groups is 1. The van der Waals surface area contributed by atoms with Gasteiger partial charge >= 0.3 is 12.0 Å². The zero-order chi connectivity index (χ0) is 12.1. The van der Waals surface area contributed by atoms with E-state index in [0.717, 1.165) is 0 Å². The number of carbonyl (C=O) groups is 2. The van der Waals surface area contributed by atoms with Crippen LogP contribution in [0.2, 0.25) is 0 Å². The number of aliphatic carboxylic acids is 1. The van der Waals surface area contributed by atoms with Gasteiger partial charge in [0.15, 0.2) is 0 Å². The molecule has 2 N–H and O–H groups in total. The topological polar surface area (TPSA) is 78.9 Å². The number of hydrogen-bond acceptors (Lipinski definition) is 3. The molecule has 0 aromatic heterocycles. The molecule has 0 aromatic carbocycles. The van der Waals surface area contributed by atoms with Gasteiger partial charge in [-0.1, -0.05) is 5.92 Å². The third-order valence-corrected chi connectivity index (χ3v) is 2.53. The third kappa shape index (κ3) is 2.64. The number of likely N-dealkylation sites (N-methyl/N-ethyl adjacent to an activating group) is 1. The summed E-state index contributed by atoms with van der Waals surface area (Å²) >= 11 is 0. The first-order chi connectivity index (χ1) is 7.57. The van der Waals surface area contributed by atoms with Crippen molar-refractivity contribution in [2.24, 2.45) is 5.92 Å². The molecule has 1 rings (SSSR count). The molecule has 16 heavy (non-hydrogen) atoms. The lowest BCUT2D eigenvalue weighted by Gasteiger charge is -2.26. The fraction of sp³-hybridized carbons (Fsp3) is 0.600. The molecule has 0 spiro atoms. The van der Waals surface area contributed by atoms with Crippen molar-refractivity contribution in [3.8, 4) is 12.3 Å². The molecule has 1 aliphatic rings. The molecule has 6 nitrogen and oxygen atoms in total. The summed E-state index contributed by atoms with van der Waals surface area (Å²) in [6, 6.07) is -0.838. The Bertz CT molecular complexity index is 323. The van der Waals surface area contributed by atoms with Gasteiger partial charge in [-0.25, -0.2) is 4.79 Å². The highest BCUT2D eigenvalue weighted by atomic mass is 16.5. The Morgan fingerprint density at radius 3 is 2.88 bits per heavy atom. The number of terminal acetylenes is 1. The molecule has 0 bridgehead atoms. The van der Waals surface area contributed by atoms with E-state index < -0.39 is 17.9 Å². The summed E-state index contributed by atoms with van der Waals surface area (Å²) in [5, 5.41) is 11.4. The van der Waals surface area contributed by atoms with Crippen molar-refractivity contribution in [1.82, 2.24) is 10.2 Å². The first kappa shape index (κ1) is 12.3. The fourth-order valence-corrected chi connectivity index (χ4v) is 1.56. The zero-order valence-corrected chi connectivity index (χ0v) is 8.97. The summed E-state index contributed by atoms with van der Waals surface area (Å²) in [4.78, 5) is 23.7. The van der Waals surface area contributed by atoms with Crippen molar-refractivity contribution >= 4 is 12.0 Å². The van der Waals surface area contributed by atoms with Crippen molar-refractivity contribution in [2.75, 3.05) is 26.8 Å². The van der Waals surface area contributed by atoms with Gasteiger partial charge < -0.3 is 20.1 Å². The summed E-state index contributed by atoms with van der Waals surface area (Å²) in [7, 11) is 1.53. The lowest BCUT2D eigenvalue weighted by molar-refractivity contribution is -0.142. The van der Waals surface area contributed by atoms with Crippen LogP contribution in [-0.4, -0.2) is 54.9 Å². The summed E-state index contributed by atoms with van der Waals surface area (Å²) in [6.07, 6.45) is 5.00. The van der Waals surface area contributed by atoms with E-state index in [0.29, 0.717) is 0 Å². The average molecular weight is 226 g/mol. The Hall–Kier alpha value is -1.74. The molecular weight excluding hydrogens is 212 g/mol. The van der Waals surface area contributed by atoms with Crippen LogP contribution in [0.25, 0.3) is 0 Å². The predicted molar refractivity (Wildman–Crippen MR) is 55.7 cm³/mol. The number of carboxylic acid groups (broad SMARTS) is 1. The van der Waals surface area contributed by atoms with Gasteiger partial charge in [-0.3, -0.25) is 4.79 Å². The van der Waals surface area contributed by atoms with E-state index in [4.69, 9.17) is 16.3 Å². The van der Waals surface area contributed by atoms with Crippen LogP contribution in [0.15, 0.2) is 0 Å². The van der Waals surface area contributed by atoms with Crippen LogP contribution in [0.5, 0.6) is 0 Å². The van der Waals surface area contributed by atoms with Gasteiger partial charge in [-0.2, -0.15) is 0 Å². The molecule has 2 amide bonds. The third-order valence-electron chi connectivity index (χ3n) is 2.53. The summed E-state index contributed by atoms with van der Waals surface area (Å²) in [6.45, 7) is 0.484. The molecule has 0 aliphatic carbocycles. The van der Waals surface area contributed by atoms with Crippen molar-refractivity contribution in [1.29, 1.82) is 0 Å².